The summed E-state index contributed by atoms with van der Waals surface area (Å²) in [5, 5.41) is 2.44. The molecule has 0 aliphatic rings. The third-order valence-electron chi connectivity index (χ3n) is 4.78. The number of halogens is 2. The molecular formula is C21H18Cl2N4O4S. The van der Waals surface area contributed by atoms with Crippen LogP contribution in [0.3, 0.4) is 0 Å². The molecule has 2 aromatic heterocycles. The van der Waals surface area contributed by atoms with Gasteiger partial charge in [0.05, 0.1) is 18.6 Å². The maximum absolute atomic E-state index is 12.4. The van der Waals surface area contributed by atoms with E-state index in [4.69, 9.17) is 27.6 Å². The third-order valence-corrected chi connectivity index (χ3v) is 6.71. The molecule has 0 radical (unpaired) electrons. The second-order valence-electron chi connectivity index (χ2n) is 6.98. The lowest BCUT2D eigenvalue weighted by Gasteiger charge is -2.09. The molecule has 0 spiro atoms. The van der Waals surface area contributed by atoms with E-state index in [1.807, 2.05) is 42.5 Å². The van der Waals surface area contributed by atoms with Crippen LogP contribution in [0.4, 0.5) is 0 Å². The lowest BCUT2D eigenvalue weighted by Crippen LogP contribution is -2.42. The first-order chi connectivity index (χ1) is 15.3. The van der Waals surface area contributed by atoms with Gasteiger partial charge >= 0.3 is 5.91 Å². The van der Waals surface area contributed by atoms with Gasteiger partial charge in [-0.1, -0.05) is 65.7 Å². The van der Waals surface area contributed by atoms with Crippen LogP contribution >= 0.6 is 23.2 Å². The molecule has 0 unspecified atom stereocenters. The van der Waals surface area contributed by atoms with Gasteiger partial charge in [-0.05, 0) is 34.9 Å². The van der Waals surface area contributed by atoms with E-state index in [1.165, 1.54) is 12.4 Å². The van der Waals surface area contributed by atoms with E-state index in [0.717, 1.165) is 16.3 Å². The number of furan rings is 1. The van der Waals surface area contributed by atoms with Crippen LogP contribution in [0.1, 0.15) is 21.9 Å². The van der Waals surface area contributed by atoms with Gasteiger partial charge in [0.25, 0.3) is 0 Å². The van der Waals surface area contributed by atoms with Crippen LogP contribution in [0.5, 0.6) is 0 Å². The van der Waals surface area contributed by atoms with E-state index >= 15 is 0 Å². The first kappa shape index (κ1) is 22.3. The van der Waals surface area contributed by atoms with Crippen molar-refractivity contribution in [3.63, 3.8) is 0 Å². The predicted octanol–water partition coefficient (Wildman–Crippen LogP) is 3.79. The Labute approximate surface area is 194 Å². The second-order valence-corrected chi connectivity index (χ2v) is 9.54. The summed E-state index contributed by atoms with van der Waals surface area (Å²) in [5.41, 5.74) is 3.08. The average Bonchev–Trinajstić information content (AvgIpc) is 3.38. The zero-order valence-corrected chi connectivity index (χ0v) is 18.9. The summed E-state index contributed by atoms with van der Waals surface area (Å²) in [5.74, 6) is -0.548. The summed E-state index contributed by atoms with van der Waals surface area (Å²) >= 11 is 11.8. The summed E-state index contributed by atoms with van der Waals surface area (Å²) in [6.07, 6.45) is 1.74. The molecule has 0 saturated heterocycles. The lowest BCUT2D eigenvalue weighted by molar-refractivity contribution is 0.0915. The average molecular weight is 493 g/mol. The first-order valence-corrected chi connectivity index (χ1v) is 11.9. The number of carbonyl (C=O) groups excluding carboxylic acids is 1. The minimum atomic E-state index is -3.76. The van der Waals surface area contributed by atoms with Crippen LogP contribution in [-0.2, 0) is 23.0 Å². The highest BCUT2D eigenvalue weighted by Gasteiger charge is 2.17. The van der Waals surface area contributed by atoms with Crippen LogP contribution < -0.4 is 10.3 Å². The van der Waals surface area contributed by atoms with Gasteiger partial charge < -0.3 is 8.98 Å². The van der Waals surface area contributed by atoms with E-state index < -0.39 is 15.9 Å². The highest BCUT2D eigenvalue weighted by Crippen LogP contribution is 2.21. The van der Waals surface area contributed by atoms with Gasteiger partial charge in [-0.2, -0.15) is 0 Å². The Kier molecular flexibility index (Phi) is 6.52. The number of hydrogen-bond donors (Lipinski definition) is 2. The molecule has 2 aromatic carbocycles. The molecule has 0 aliphatic carbocycles. The summed E-state index contributed by atoms with van der Waals surface area (Å²) in [6.45, 7) is 0.211. The highest BCUT2D eigenvalue weighted by molar-refractivity contribution is 7.89. The summed E-state index contributed by atoms with van der Waals surface area (Å²) < 4.78 is 31.7. The third kappa shape index (κ3) is 5.13. The molecule has 11 heteroatoms. The Bertz CT molecular complexity index is 1380. The van der Waals surface area contributed by atoms with Crippen molar-refractivity contribution in [2.75, 3.05) is 5.75 Å². The van der Waals surface area contributed by atoms with Crippen LogP contribution in [0.15, 0.2) is 65.3 Å². The molecule has 4 aromatic rings. The molecule has 166 valence electrons. The number of hydrazine groups is 1. The highest BCUT2D eigenvalue weighted by atomic mass is 35.5. The van der Waals surface area contributed by atoms with Gasteiger partial charge in [0, 0.05) is 0 Å². The fourth-order valence-electron chi connectivity index (χ4n) is 3.20. The molecule has 0 bridgehead atoms. The number of benzene rings is 2. The number of fused-ring (bicyclic) bond motifs is 1. The molecule has 2 N–H and O–H groups in total. The molecule has 2 heterocycles. The Balaban J connectivity index is 1.34. The Hall–Kier alpha value is -2.85. The van der Waals surface area contributed by atoms with Crippen molar-refractivity contribution in [2.45, 2.75) is 13.0 Å². The van der Waals surface area contributed by atoms with E-state index in [0.29, 0.717) is 12.2 Å². The monoisotopic (exact) mass is 492 g/mol. The van der Waals surface area contributed by atoms with Gasteiger partial charge in [-0.25, -0.2) is 13.4 Å². The number of nitrogens with one attached hydrogen (secondary N) is 2. The zero-order chi connectivity index (χ0) is 22.7. The summed E-state index contributed by atoms with van der Waals surface area (Å²) in [6, 6.07) is 16.5. The number of imidazole rings is 1. The topological polar surface area (TPSA) is 106 Å². The molecular weight excluding hydrogens is 475 g/mol. The Morgan fingerprint density at radius 2 is 1.84 bits per heavy atom. The van der Waals surface area contributed by atoms with Gasteiger partial charge in [-0.3, -0.25) is 10.2 Å². The minimum Gasteiger partial charge on any atom is -0.454 e. The van der Waals surface area contributed by atoms with E-state index in [9.17, 15) is 13.2 Å². The van der Waals surface area contributed by atoms with Crippen LogP contribution in [0.2, 0.25) is 10.3 Å². The SMILES string of the molecule is O=C(NNS(=O)(=O)CCc1cccc2ccccc12)c1ccc(Cn2cnc(Cl)c2Cl)o1. The fraction of sp³-hybridized carbons (Fsp3) is 0.143. The normalized spacial score (nSPS) is 11.7. The van der Waals surface area contributed by atoms with Gasteiger partial charge in [0.15, 0.2) is 10.9 Å². The van der Waals surface area contributed by atoms with Crippen molar-refractivity contribution in [3.05, 3.63) is 88.3 Å². The number of amides is 1. The van der Waals surface area contributed by atoms with Crippen molar-refractivity contribution in [2.24, 2.45) is 0 Å². The number of carbonyl (C=O) groups is 1. The number of nitrogens with zero attached hydrogens (tertiary/aromatic N) is 2. The molecule has 0 fully saturated rings. The second kappa shape index (κ2) is 9.33. The molecule has 0 aliphatic heterocycles. The van der Waals surface area contributed by atoms with E-state index in [2.05, 4.69) is 15.2 Å². The quantitative estimate of drug-likeness (QED) is 0.364. The predicted molar refractivity (Wildman–Crippen MR) is 122 cm³/mol. The van der Waals surface area contributed by atoms with Crippen molar-refractivity contribution in [3.8, 4) is 0 Å². The van der Waals surface area contributed by atoms with Crippen LogP contribution in [-0.4, -0.2) is 29.6 Å². The van der Waals surface area contributed by atoms with Crippen molar-refractivity contribution < 1.29 is 17.6 Å². The standard InChI is InChI=1S/C21H18Cl2N4O4S/c22-19-20(23)27(13-24-19)12-16-8-9-18(31-16)21(28)25-26-32(29,30)11-10-15-6-3-5-14-4-1-2-7-17(14)15/h1-9,13,26H,10-12H2,(H,25,28). The molecule has 0 saturated carbocycles. The molecule has 8 nitrogen and oxygen atoms in total. The Morgan fingerprint density at radius 3 is 2.62 bits per heavy atom. The smallest absolute Gasteiger partial charge is 0.301 e. The number of aryl methyl sites for hydroxylation is 1. The number of rotatable bonds is 8. The van der Waals surface area contributed by atoms with E-state index in [1.54, 1.807) is 10.6 Å². The summed E-state index contributed by atoms with van der Waals surface area (Å²) in [4.78, 5) is 18.3. The maximum atomic E-state index is 12.4. The Morgan fingerprint density at radius 1 is 1.06 bits per heavy atom. The van der Waals surface area contributed by atoms with Crippen molar-refractivity contribution in [1.82, 2.24) is 19.8 Å². The first-order valence-electron chi connectivity index (χ1n) is 9.54. The van der Waals surface area contributed by atoms with Crippen LogP contribution in [0, 0.1) is 0 Å². The molecule has 0 atom stereocenters. The van der Waals surface area contributed by atoms with Gasteiger partial charge in [-0.15, -0.1) is 4.83 Å². The van der Waals surface area contributed by atoms with Gasteiger partial charge in [0.1, 0.15) is 10.9 Å². The van der Waals surface area contributed by atoms with Gasteiger partial charge in [0.2, 0.25) is 10.0 Å². The maximum Gasteiger partial charge on any atom is 0.301 e. The molecule has 32 heavy (non-hydrogen) atoms. The van der Waals surface area contributed by atoms with Crippen molar-refractivity contribution >= 4 is 49.9 Å². The number of hydrogen-bond acceptors (Lipinski definition) is 5. The molecule has 4 rings (SSSR count). The number of sulfonamides is 1. The zero-order valence-electron chi connectivity index (χ0n) is 16.6. The summed E-state index contributed by atoms with van der Waals surface area (Å²) in [7, 11) is -3.76. The minimum absolute atomic E-state index is 0.0564. The fourth-order valence-corrected chi connectivity index (χ4v) is 4.34. The lowest BCUT2D eigenvalue weighted by atomic mass is 10.0. The van der Waals surface area contributed by atoms with Crippen LogP contribution in [0.25, 0.3) is 10.8 Å². The number of aromatic nitrogens is 2. The van der Waals surface area contributed by atoms with Crippen molar-refractivity contribution in [1.29, 1.82) is 0 Å². The molecule has 1 amide bonds. The van der Waals surface area contributed by atoms with E-state index in [-0.39, 0.29) is 28.4 Å². The largest absolute Gasteiger partial charge is 0.454 e.